The summed E-state index contributed by atoms with van der Waals surface area (Å²) in [6.07, 6.45) is 2.07. The molecule has 1 fully saturated rings. The predicted molar refractivity (Wildman–Crippen MR) is 145 cm³/mol. The molecular weight excluding hydrogens is 499 g/mol. The number of halogens is 1. The molecule has 0 saturated carbocycles. The van der Waals surface area contributed by atoms with Crippen LogP contribution in [0.2, 0.25) is 0 Å². The van der Waals surface area contributed by atoms with Crippen LogP contribution in [0.15, 0.2) is 70.4 Å². The fourth-order valence-electron chi connectivity index (χ4n) is 4.92. The van der Waals surface area contributed by atoms with Crippen molar-refractivity contribution >= 4 is 17.5 Å². The zero-order valence-electron chi connectivity index (χ0n) is 22.3. The van der Waals surface area contributed by atoms with Gasteiger partial charge in [-0.2, -0.15) is 5.10 Å². The first-order valence-corrected chi connectivity index (χ1v) is 13.2. The molecule has 1 atom stereocenters. The average Bonchev–Trinajstić information content (AvgIpc) is 3.63. The van der Waals surface area contributed by atoms with Crippen molar-refractivity contribution in [1.82, 2.24) is 14.8 Å². The van der Waals surface area contributed by atoms with Crippen LogP contribution < -0.4 is 0 Å². The molecule has 39 heavy (non-hydrogen) atoms. The van der Waals surface area contributed by atoms with Gasteiger partial charge in [0, 0.05) is 38.2 Å². The number of hydrogen-bond donors (Lipinski definition) is 0. The Hall–Kier alpha value is -3.82. The lowest BCUT2D eigenvalue weighted by atomic mass is 9.99. The summed E-state index contributed by atoms with van der Waals surface area (Å²) < 4.78 is 25.1. The number of aryl methyl sites for hydroxylation is 2. The number of nitrogens with zero attached hydrogens (tertiary/aromatic N) is 4. The summed E-state index contributed by atoms with van der Waals surface area (Å²) in [5.74, 6) is -0.604. The number of carbonyl (C=O) groups is 2. The second-order valence-corrected chi connectivity index (χ2v) is 10.0. The van der Waals surface area contributed by atoms with E-state index in [0.29, 0.717) is 38.5 Å². The smallest absolute Gasteiger partial charge is 0.262 e. The molecule has 5 rings (SSSR count). The summed E-state index contributed by atoms with van der Waals surface area (Å²) in [6, 6.07) is 14.9. The topological polar surface area (TPSA) is 78.6 Å². The number of ether oxygens (including phenoxy) is 1. The molecule has 0 aliphatic carbocycles. The van der Waals surface area contributed by atoms with Gasteiger partial charge in [-0.15, -0.1) is 0 Å². The van der Waals surface area contributed by atoms with Gasteiger partial charge in [-0.25, -0.2) is 9.40 Å². The molecule has 2 aliphatic rings. The van der Waals surface area contributed by atoms with Crippen LogP contribution >= 0.6 is 0 Å². The minimum Gasteiger partial charge on any atom is -0.467 e. The highest BCUT2D eigenvalue weighted by Crippen LogP contribution is 2.33. The molecule has 3 heterocycles. The van der Waals surface area contributed by atoms with Crippen LogP contribution in [0, 0.1) is 19.7 Å². The van der Waals surface area contributed by atoms with Gasteiger partial charge in [0.2, 0.25) is 0 Å². The zero-order valence-corrected chi connectivity index (χ0v) is 22.3. The van der Waals surface area contributed by atoms with E-state index in [9.17, 15) is 14.0 Å². The van der Waals surface area contributed by atoms with Crippen molar-refractivity contribution in [1.29, 1.82) is 0 Å². The van der Waals surface area contributed by atoms with Crippen molar-refractivity contribution in [2.75, 3.05) is 45.9 Å². The molecule has 0 spiro atoms. The normalized spacial score (nSPS) is 17.8. The van der Waals surface area contributed by atoms with Gasteiger partial charge in [0.1, 0.15) is 24.2 Å². The first-order valence-electron chi connectivity index (χ1n) is 13.2. The quantitative estimate of drug-likeness (QED) is 0.435. The van der Waals surface area contributed by atoms with Crippen LogP contribution in [-0.2, 0) is 9.53 Å². The van der Waals surface area contributed by atoms with Crippen molar-refractivity contribution < 1.29 is 23.1 Å². The molecule has 0 N–H and O–H groups in total. The van der Waals surface area contributed by atoms with Gasteiger partial charge in [0.25, 0.3) is 11.8 Å². The molecule has 0 bridgehead atoms. The molecule has 204 valence electrons. The molecule has 1 saturated heterocycles. The molecule has 2 aliphatic heterocycles. The Balaban J connectivity index is 1.40. The number of morpholine rings is 1. The minimum absolute atomic E-state index is 0.194. The van der Waals surface area contributed by atoms with Gasteiger partial charge in [0.05, 0.1) is 25.2 Å². The Kier molecular flexibility index (Phi) is 8.18. The van der Waals surface area contributed by atoms with Gasteiger partial charge >= 0.3 is 0 Å². The van der Waals surface area contributed by atoms with Crippen LogP contribution in [0.3, 0.4) is 0 Å². The number of hydrazone groups is 1. The third-order valence-corrected chi connectivity index (χ3v) is 7.35. The predicted octanol–water partition coefficient (Wildman–Crippen LogP) is 4.19. The molecule has 9 heteroatoms. The second kappa shape index (κ2) is 11.9. The fraction of sp³-hybridized carbons (Fsp3) is 0.367. The van der Waals surface area contributed by atoms with Crippen LogP contribution in [-0.4, -0.2) is 78.3 Å². The molecule has 1 unspecified atom stereocenters. The standard InChI is InChI=1S/C30H33FN4O4/c1-21-8-9-23(17-22(21)2)26-19-27(28-7-4-14-39-28)35(32-26)29(36)20-34(11-10-33-12-15-38-16-13-33)30(37)24-5-3-6-25(31)18-24/h3-9,14,17-18,27H,10-13,15-16,19-20H2,1-2H3. The number of amides is 2. The summed E-state index contributed by atoms with van der Waals surface area (Å²) in [5, 5.41) is 6.17. The lowest BCUT2D eigenvalue weighted by Crippen LogP contribution is -2.46. The fourth-order valence-corrected chi connectivity index (χ4v) is 4.92. The summed E-state index contributed by atoms with van der Waals surface area (Å²) in [5.41, 5.74) is 4.26. The van der Waals surface area contributed by atoms with E-state index in [-0.39, 0.29) is 18.0 Å². The van der Waals surface area contributed by atoms with Crippen LogP contribution in [0.5, 0.6) is 0 Å². The second-order valence-electron chi connectivity index (χ2n) is 10.0. The van der Waals surface area contributed by atoms with Crippen molar-refractivity contribution in [2.24, 2.45) is 5.10 Å². The van der Waals surface area contributed by atoms with Crippen molar-refractivity contribution in [3.63, 3.8) is 0 Å². The average molecular weight is 533 g/mol. The summed E-state index contributed by atoms with van der Waals surface area (Å²) in [4.78, 5) is 30.9. The Morgan fingerprint density at radius 1 is 1.05 bits per heavy atom. The molecule has 8 nitrogen and oxygen atoms in total. The molecule has 1 aromatic heterocycles. The van der Waals surface area contributed by atoms with E-state index in [0.717, 1.165) is 29.9 Å². The largest absolute Gasteiger partial charge is 0.467 e. The van der Waals surface area contributed by atoms with Crippen LogP contribution in [0.1, 0.15) is 45.3 Å². The number of rotatable bonds is 8. The minimum atomic E-state index is -0.500. The molecule has 3 aromatic rings. The highest BCUT2D eigenvalue weighted by molar-refractivity contribution is 6.04. The third-order valence-electron chi connectivity index (χ3n) is 7.35. The molecular formula is C30H33FN4O4. The lowest BCUT2D eigenvalue weighted by Gasteiger charge is -2.31. The number of hydrogen-bond acceptors (Lipinski definition) is 6. The SMILES string of the molecule is Cc1ccc(C2=NN(C(=O)CN(CCN3CCOCC3)C(=O)c3cccc(F)c3)C(c3ccco3)C2)cc1C. The van der Waals surface area contributed by atoms with E-state index in [1.54, 1.807) is 18.4 Å². The van der Waals surface area contributed by atoms with E-state index in [1.807, 2.05) is 25.1 Å². The van der Waals surface area contributed by atoms with E-state index in [1.165, 1.54) is 33.7 Å². The third kappa shape index (κ3) is 6.26. The Morgan fingerprint density at radius 2 is 1.87 bits per heavy atom. The van der Waals surface area contributed by atoms with Crippen LogP contribution in [0.25, 0.3) is 0 Å². The number of furan rings is 1. The van der Waals surface area contributed by atoms with Gasteiger partial charge < -0.3 is 14.1 Å². The maximum absolute atomic E-state index is 13.9. The maximum atomic E-state index is 13.9. The summed E-state index contributed by atoms with van der Waals surface area (Å²) in [7, 11) is 0. The van der Waals surface area contributed by atoms with Gasteiger partial charge in [-0.3, -0.25) is 14.5 Å². The number of benzene rings is 2. The first-order chi connectivity index (χ1) is 18.9. The Labute approximate surface area is 227 Å². The molecule has 0 radical (unpaired) electrons. The number of carbonyl (C=O) groups excluding carboxylic acids is 2. The van der Waals surface area contributed by atoms with Gasteiger partial charge in [-0.1, -0.05) is 18.2 Å². The molecule has 2 amide bonds. The monoisotopic (exact) mass is 532 g/mol. The van der Waals surface area contributed by atoms with Crippen molar-refractivity contribution in [3.05, 3.63) is 94.7 Å². The Morgan fingerprint density at radius 3 is 2.59 bits per heavy atom. The van der Waals surface area contributed by atoms with E-state index < -0.39 is 17.8 Å². The van der Waals surface area contributed by atoms with E-state index in [2.05, 4.69) is 17.9 Å². The Bertz CT molecular complexity index is 1350. The van der Waals surface area contributed by atoms with Gasteiger partial charge in [0.15, 0.2) is 0 Å². The zero-order chi connectivity index (χ0) is 27.4. The van der Waals surface area contributed by atoms with E-state index >= 15 is 0 Å². The highest BCUT2D eigenvalue weighted by Gasteiger charge is 2.36. The molecule has 2 aromatic carbocycles. The summed E-state index contributed by atoms with van der Waals surface area (Å²) in [6.45, 7) is 7.57. The first kappa shape index (κ1) is 26.8. The van der Waals surface area contributed by atoms with Gasteiger partial charge in [-0.05, 0) is 66.9 Å². The maximum Gasteiger partial charge on any atom is 0.262 e. The van der Waals surface area contributed by atoms with Crippen molar-refractivity contribution in [3.8, 4) is 0 Å². The van der Waals surface area contributed by atoms with Crippen LogP contribution in [0.4, 0.5) is 4.39 Å². The summed E-state index contributed by atoms with van der Waals surface area (Å²) >= 11 is 0. The highest BCUT2D eigenvalue weighted by atomic mass is 19.1. The lowest BCUT2D eigenvalue weighted by molar-refractivity contribution is -0.134. The van der Waals surface area contributed by atoms with E-state index in [4.69, 9.17) is 14.3 Å². The van der Waals surface area contributed by atoms with Crippen molar-refractivity contribution in [2.45, 2.75) is 26.3 Å².